The Morgan fingerprint density at radius 1 is 1.13 bits per heavy atom. The van der Waals surface area contributed by atoms with Crippen LogP contribution in [0.15, 0.2) is 42.9 Å². The number of anilines is 2. The van der Waals surface area contributed by atoms with E-state index in [-0.39, 0.29) is 6.03 Å². The summed E-state index contributed by atoms with van der Waals surface area (Å²) in [5, 5.41) is 7.29. The van der Waals surface area contributed by atoms with Crippen molar-refractivity contribution in [3.8, 4) is 0 Å². The van der Waals surface area contributed by atoms with E-state index in [9.17, 15) is 4.79 Å². The van der Waals surface area contributed by atoms with Crippen molar-refractivity contribution in [2.24, 2.45) is 0 Å². The van der Waals surface area contributed by atoms with Gasteiger partial charge in [0.2, 0.25) is 0 Å². The van der Waals surface area contributed by atoms with Crippen molar-refractivity contribution in [1.82, 2.24) is 19.6 Å². The summed E-state index contributed by atoms with van der Waals surface area (Å²) in [5.74, 6) is 0. The molecule has 160 valence electrons. The van der Waals surface area contributed by atoms with Gasteiger partial charge in [-0.25, -0.2) is 4.79 Å². The van der Waals surface area contributed by atoms with Crippen LogP contribution in [0, 0.1) is 6.92 Å². The van der Waals surface area contributed by atoms with Crippen molar-refractivity contribution < 1.29 is 4.79 Å². The van der Waals surface area contributed by atoms with E-state index >= 15 is 0 Å². The molecule has 0 bridgehead atoms. The molecule has 2 fully saturated rings. The minimum Gasteiger partial charge on any atom is -0.371 e. The van der Waals surface area contributed by atoms with Gasteiger partial charge in [0, 0.05) is 57.2 Å². The Balaban J connectivity index is 1.35. The lowest BCUT2D eigenvalue weighted by Crippen LogP contribution is -2.49. The molecule has 0 atom stereocenters. The van der Waals surface area contributed by atoms with E-state index in [4.69, 9.17) is 0 Å². The number of nitrogens with one attached hydrogen (secondary N) is 1. The topological polar surface area (TPSA) is 56.6 Å². The van der Waals surface area contributed by atoms with Gasteiger partial charge in [-0.05, 0) is 43.9 Å². The molecule has 7 nitrogen and oxygen atoms in total. The number of carbonyl (C=O) groups is 1. The number of allylic oxidation sites excluding steroid dienone is 1. The van der Waals surface area contributed by atoms with E-state index < -0.39 is 0 Å². The average Bonchev–Trinajstić information content (AvgIpc) is 3.41. The second kappa shape index (κ2) is 8.92. The Kier molecular flexibility index (Phi) is 6.08. The number of amides is 1. The lowest BCUT2D eigenvalue weighted by atomic mass is 10.1. The van der Waals surface area contributed by atoms with Crippen LogP contribution >= 0.6 is 0 Å². The van der Waals surface area contributed by atoms with Gasteiger partial charge in [-0.1, -0.05) is 18.7 Å². The third kappa shape index (κ3) is 4.67. The number of aryl methyl sites for hydroxylation is 1. The third-order valence-corrected chi connectivity index (χ3v) is 5.86. The summed E-state index contributed by atoms with van der Waals surface area (Å²) in [6.07, 6.45) is 5.94. The van der Waals surface area contributed by atoms with Crippen molar-refractivity contribution in [1.29, 1.82) is 0 Å². The normalized spacial score (nSPS) is 17.4. The van der Waals surface area contributed by atoms with Gasteiger partial charge in [-0.2, -0.15) is 9.78 Å². The zero-order valence-corrected chi connectivity index (χ0v) is 18.1. The second-order valence-electron chi connectivity index (χ2n) is 8.45. The largest absolute Gasteiger partial charge is 0.371 e. The molecule has 7 heteroatoms. The highest BCUT2D eigenvalue weighted by Crippen LogP contribution is 2.27. The Labute approximate surface area is 178 Å². The Morgan fingerprint density at radius 3 is 2.57 bits per heavy atom. The number of rotatable bonds is 5. The van der Waals surface area contributed by atoms with Crippen LogP contribution in [0.2, 0.25) is 0 Å². The number of aromatic nitrogens is 2. The summed E-state index contributed by atoms with van der Waals surface area (Å²) in [6.45, 7) is 14.3. The zero-order chi connectivity index (χ0) is 21.1. The second-order valence-corrected chi connectivity index (χ2v) is 8.45. The van der Waals surface area contributed by atoms with E-state index in [1.165, 1.54) is 34.3 Å². The number of benzene rings is 1. The smallest absolute Gasteiger partial charge is 0.344 e. The molecule has 0 aliphatic carbocycles. The lowest BCUT2D eigenvalue weighted by Gasteiger charge is -2.35. The summed E-state index contributed by atoms with van der Waals surface area (Å²) < 4.78 is 1.41. The molecule has 2 saturated heterocycles. The van der Waals surface area contributed by atoms with Crippen molar-refractivity contribution in [2.45, 2.75) is 33.2 Å². The van der Waals surface area contributed by atoms with Crippen LogP contribution in [0.25, 0.3) is 0 Å². The molecule has 3 heterocycles. The molecule has 2 aliphatic heterocycles. The molecule has 1 amide bonds. The van der Waals surface area contributed by atoms with Gasteiger partial charge in [-0.15, -0.1) is 0 Å². The number of carbonyl (C=O) groups excluding carboxylic acids is 1. The van der Waals surface area contributed by atoms with Crippen LogP contribution in [0.3, 0.4) is 0 Å². The third-order valence-electron chi connectivity index (χ3n) is 5.86. The van der Waals surface area contributed by atoms with Gasteiger partial charge >= 0.3 is 6.03 Å². The first-order valence-corrected chi connectivity index (χ1v) is 10.8. The van der Waals surface area contributed by atoms with Crippen LogP contribution in [0.5, 0.6) is 0 Å². The van der Waals surface area contributed by atoms with Gasteiger partial charge in [0.05, 0.1) is 18.1 Å². The van der Waals surface area contributed by atoms with Gasteiger partial charge < -0.3 is 15.1 Å². The standard InChI is InChI=1S/C23H32N6O/c1-18(2)25-21-15-24-29(17-21)23(30)28-12-10-26(11-13-28)16-20-7-6-19(3)14-22(20)27-8-4-5-9-27/h6-7,14-15,17,25H,1,4-5,8-13,16H2,2-3H3. The highest BCUT2D eigenvalue weighted by molar-refractivity contribution is 5.77. The summed E-state index contributed by atoms with van der Waals surface area (Å²) in [4.78, 5) is 19.6. The Hall–Kier alpha value is -2.80. The molecule has 2 aliphatic rings. The quantitative estimate of drug-likeness (QED) is 0.820. The van der Waals surface area contributed by atoms with Crippen molar-refractivity contribution >= 4 is 17.4 Å². The first-order chi connectivity index (χ1) is 14.5. The Bertz CT molecular complexity index is 906. The lowest BCUT2D eigenvalue weighted by molar-refractivity contribution is 0.134. The van der Waals surface area contributed by atoms with Gasteiger partial charge in [0.25, 0.3) is 0 Å². The number of nitrogens with zero attached hydrogens (tertiary/aromatic N) is 5. The number of hydrogen-bond acceptors (Lipinski definition) is 5. The summed E-state index contributed by atoms with van der Waals surface area (Å²) in [7, 11) is 0. The zero-order valence-electron chi connectivity index (χ0n) is 18.1. The number of piperazine rings is 1. The van der Waals surface area contributed by atoms with Gasteiger partial charge in [0.1, 0.15) is 0 Å². The monoisotopic (exact) mass is 408 g/mol. The fraction of sp³-hybridized carbons (Fsp3) is 0.478. The minimum atomic E-state index is -0.0718. The molecular weight excluding hydrogens is 376 g/mol. The first-order valence-electron chi connectivity index (χ1n) is 10.8. The molecule has 2 aromatic rings. The maximum atomic E-state index is 12.8. The van der Waals surface area contributed by atoms with E-state index in [0.29, 0.717) is 13.1 Å². The van der Waals surface area contributed by atoms with Crippen molar-refractivity contribution in [3.63, 3.8) is 0 Å². The Morgan fingerprint density at radius 2 is 1.87 bits per heavy atom. The van der Waals surface area contributed by atoms with E-state index in [0.717, 1.165) is 44.1 Å². The van der Waals surface area contributed by atoms with E-state index in [1.807, 2.05) is 11.8 Å². The number of hydrogen-bond donors (Lipinski definition) is 1. The van der Waals surface area contributed by atoms with Crippen LogP contribution in [-0.4, -0.2) is 64.9 Å². The predicted molar refractivity (Wildman–Crippen MR) is 121 cm³/mol. The van der Waals surface area contributed by atoms with E-state index in [1.54, 1.807) is 12.4 Å². The summed E-state index contributed by atoms with van der Waals surface area (Å²) in [5.41, 5.74) is 5.70. The predicted octanol–water partition coefficient (Wildman–Crippen LogP) is 3.52. The van der Waals surface area contributed by atoms with Crippen molar-refractivity contribution in [3.05, 3.63) is 54.0 Å². The highest BCUT2D eigenvalue weighted by atomic mass is 16.2. The fourth-order valence-corrected chi connectivity index (χ4v) is 4.28. The van der Waals surface area contributed by atoms with Crippen LogP contribution in [0.4, 0.5) is 16.2 Å². The van der Waals surface area contributed by atoms with Gasteiger partial charge in [-0.3, -0.25) is 4.90 Å². The SMILES string of the molecule is C=C(C)Nc1cnn(C(=O)N2CCN(Cc3ccc(C)cc3N3CCCC3)CC2)c1. The first kappa shape index (κ1) is 20.5. The van der Waals surface area contributed by atoms with E-state index in [2.05, 4.69) is 51.9 Å². The maximum Gasteiger partial charge on any atom is 0.344 e. The van der Waals surface area contributed by atoms with Gasteiger partial charge in [0.15, 0.2) is 0 Å². The van der Waals surface area contributed by atoms with Crippen LogP contribution in [0.1, 0.15) is 30.9 Å². The molecule has 1 N–H and O–H groups in total. The molecule has 0 saturated carbocycles. The fourth-order valence-electron chi connectivity index (χ4n) is 4.28. The molecule has 1 aromatic carbocycles. The minimum absolute atomic E-state index is 0.0718. The molecule has 4 rings (SSSR count). The van der Waals surface area contributed by atoms with Crippen LogP contribution in [-0.2, 0) is 6.54 Å². The highest BCUT2D eigenvalue weighted by Gasteiger charge is 2.24. The molecular formula is C23H32N6O. The maximum absolute atomic E-state index is 12.8. The molecule has 30 heavy (non-hydrogen) atoms. The summed E-state index contributed by atoms with van der Waals surface area (Å²) >= 11 is 0. The summed E-state index contributed by atoms with van der Waals surface area (Å²) in [6, 6.07) is 6.75. The molecule has 0 spiro atoms. The molecule has 0 unspecified atom stereocenters. The molecule has 1 aromatic heterocycles. The average molecular weight is 409 g/mol. The van der Waals surface area contributed by atoms with Crippen LogP contribution < -0.4 is 10.2 Å². The van der Waals surface area contributed by atoms with Crippen molar-refractivity contribution in [2.75, 3.05) is 49.5 Å². The molecule has 0 radical (unpaired) electrons.